The highest BCUT2D eigenvalue weighted by Gasteiger charge is 2.24. The van der Waals surface area contributed by atoms with Gasteiger partial charge >= 0.3 is 6.03 Å². The second kappa shape index (κ2) is 8.55. The molecule has 0 saturated heterocycles. The van der Waals surface area contributed by atoms with Gasteiger partial charge in [-0.05, 0) is 41.5 Å². The minimum Gasteiger partial charge on any atom is -0.497 e. The minimum atomic E-state index is -0.206. The molecule has 1 heterocycles. The Bertz CT molecular complexity index is 838. The van der Waals surface area contributed by atoms with Gasteiger partial charge in [-0.2, -0.15) is 0 Å². The molecule has 7 nitrogen and oxygen atoms in total. The summed E-state index contributed by atoms with van der Waals surface area (Å²) in [6, 6.07) is 12.5. The number of fused-ring (bicyclic) bond motifs is 1. The molecule has 0 spiro atoms. The average molecular weight is 369 g/mol. The molecule has 142 valence electrons. The molecule has 0 saturated carbocycles. The zero-order valence-electron chi connectivity index (χ0n) is 15.5. The van der Waals surface area contributed by atoms with Crippen LogP contribution in [0.1, 0.15) is 21.5 Å². The van der Waals surface area contributed by atoms with Crippen LogP contribution in [0.25, 0.3) is 0 Å². The molecule has 2 N–H and O–H groups in total. The number of nitrogens with one attached hydrogen (secondary N) is 2. The third kappa shape index (κ3) is 4.57. The summed E-state index contributed by atoms with van der Waals surface area (Å²) in [5.41, 5.74) is 3.25. The van der Waals surface area contributed by atoms with Crippen molar-refractivity contribution in [3.8, 4) is 5.75 Å². The van der Waals surface area contributed by atoms with E-state index in [9.17, 15) is 9.59 Å². The zero-order valence-corrected chi connectivity index (χ0v) is 15.5. The maximum Gasteiger partial charge on any atom is 0.322 e. The Labute approximate surface area is 158 Å². The number of rotatable bonds is 6. The molecule has 1 aliphatic heterocycles. The van der Waals surface area contributed by atoms with Crippen LogP contribution in [0.4, 0.5) is 10.5 Å². The quantitative estimate of drug-likeness (QED) is 0.767. The van der Waals surface area contributed by atoms with Crippen molar-refractivity contribution in [1.29, 1.82) is 0 Å². The van der Waals surface area contributed by atoms with Crippen molar-refractivity contribution in [2.45, 2.75) is 13.1 Å². The van der Waals surface area contributed by atoms with Gasteiger partial charge in [-0.15, -0.1) is 0 Å². The lowest BCUT2D eigenvalue weighted by Gasteiger charge is -2.16. The van der Waals surface area contributed by atoms with E-state index < -0.39 is 0 Å². The van der Waals surface area contributed by atoms with Crippen LogP contribution in [-0.4, -0.2) is 44.2 Å². The summed E-state index contributed by atoms with van der Waals surface area (Å²) < 4.78 is 10.2. The number of amides is 3. The first-order valence-corrected chi connectivity index (χ1v) is 8.69. The fourth-order valence-corrected chi connectivity index (χ4v) is 2.95. The topological polar surface area (TPSA) is 79.9 Å². The molecule has 0 aliphatic carbocycles. The maximum absolute atomic E-state index is 12.6. The molecule has 0 fully saturated rings. The molecular formula is C20H23N3O4. The van der Waals surface area contributed by atoms with Crippen molar-refractivity contribution in [2.24, 2.45) is 0 Å². The Morgan fingerprint density at radius 2 is 1.89 bits per heavy atom. The van der Waals surface area contributed by atoms with Crippen LogP contribution < -0.4 is 15.4 Å². The number of carbonyl (C=O) groups excluding carboxylic acids is 2. The Kier molecular flexibility index (Phi) is 5.93. The summed E-state index contributed by atoms with van der Waals surface area (Å²) in [6.07, 6.45) is 0. The molecule has 7 heteroatoms. The summed E-state index contributed by atoms with van der Waals surface area (Å²) in [4.78, 5) is 26.4. The lowest BCUT2D eigenvalue weighted by Crippen LogP contribution is -2.30. The smallest absolute Gasteiger partial charge is 0.322 e. The molecule has 1 aliphatic rings. The molecule has 0 unspecified atom stereocenters. The van der Waals surface area contributed by atoms with E-state index in [4.69, 9.17) is 9.47 Å². The van der Waals surface area contributed by atoms with Crippen molar-refractivity contribution in [3.05, 3.63) is 59.2 Å². The number of hydrogen-bond acceptors (Lipinski definition) is 4. The number of carbonyl (C=O) groups is 2. The van der Waals surface area contributed by atoms with Crippen LogP contribution in [0, 0.1) is 0 Å². The van der Waals surface area contributed by atoms with Gasteiger partial charge in [0.1, 0.15) is 5.75 Å². The summed E-state index contributed by atoms with van der Waals surface area (Å²) in [5.74, 6) is 0.576. The van der Waals surface area contributed by atoms with Gasteiger partial charge in [0.2, 0.25) is 0 Å². The number of ether oxygens (including phenoxy) is 2. The van der Waals surface area contributed by atoms with Gasteiger partial charge in [0.15, 0.2) is 0 Å². The minimum absolute atomic E-state index is 0.205. The summed E-state index contributed by atoms with van der Waals surface area (Å²) in [7, 11) is 3.20. The molecule has 0 atom stereocenters. The van der Waals surface area contributed by atoms with E-state index >= 15 is 0 Å². The van der Waals surface area contributed by atoms with E-state index in [-0.39, 0.29) is 11.9 Å². The summed E-state index contributed by atoms with van der Waals surface area (Å²) in [5, 5.41) is 5.62. The second-order valence-electron chi connectivity index (χ2n) is 6.25. The van der Waals surface area contributed by atoms with E-state index in [1.165, 1.54) is 0 Å². The van der Waals surface area contributed by atoms with Gasteiger partial charge in [-0.25, -0.2) is 4.79 Å². The van der Waals surface area contributed by atoms with Crippen LogP contribution in [-0.2, 0) is 17.8 Å². The van der Waals surface area contributed by atoms with E-state index in [1.54, 1.807) is 43.4 Å². The lowest BCUT2D eigenvalue weighted by molar-refractivity contribution is 0.0937. The number of benzene rings is 2. The van der Waals surface area contributed by atoms with E-state index in [1.807, 2.05) is 18.2 Å². The van der Waals surface area contributed by atoms with Crippen LogP contribution in [0.2, 0.25) is 0 Å². The molecule has 0 bridgehead atoms. The first kappa shape index (κ1) is 18.7. The number of methoxy groups -OCH3 is 2. The predicted octanol–water partition coefficient (Wildman–Crippen LogP) is 2.62. The van der Waals surface area contributed by atoms with Gasteiger partial charge in [-0.3, -0.25) is 4.79 Å². The SMILES string of the molecule is COCCNC(=O)c1cccc(NC(=O)N2Cc3ccc(OC)cc3C2)c1. The third-order valence-corrected chi connectivity index (χ3v) is 4.39. The van der Waals surface area contributed by atoms with E-state index in [2.05, 4.69) is 10.6 Å². The first-order chi connectivity index (χ1) is 13.1. The Hall–Kier alpha value is -3.06. The largest absolute Gasteiger partial charge is 0.497 e. The van der Waals surface area contributed by atoms with Crippen LogP contribution >= 0.6 is 0 Å². The highest BCUT2D eigenvalue weighted by Crippen LogP contribution is 2.27. The normalized spacial score (nSPS) is 12.4. The van der Waals surface area contributed by atoms with Gasteiger partial charge < -0.3 is 25.0 Å². The zero-order chi connectivity index (χ0) is 19.2. The number of nitrogens with zero attached hydrogens (tertiary/aromatic N) is 1. The molecule has 0 radical (unpaired) electrons. The highest BCUT2D eigenvalue weighted by atomic mass is 16.5. The van der Waals surface area contributed by atoms with E-state index in [0.29, 0.717) is 37.5 Å². The molecule has 3 rings (SSSR count). The first-order valence-electron chi connectivity index (χ1n) is 8.69. The van der Waals surface area contributed by atoms with Gasteiger partial charge in [0.05, 0.1) is 13.7 Å². The summed E-state index contributed by atoms with van der Waals surface area (Å²) >= 11 is 0. The third-order valence-electron chi connectivity index (χ3n) is 4.39. The van der Waals surface area contributed by atoms with Crippen molar-refractivity contribution >= 4 is 17.6 Å². The van der Waals surface area contributed by atoms with Crippen molar-refractivity contribution in [2.75, 3.05) is 32.7 Å². The fraction of sp³-hybridized carbons (Fsp3) is 0.300. The van der Waals surface area contributed by atoms with Crippen molar-refractivity contribution in [1.82, 2.24) is 10.2 Å². The fourth-order valence-electron chi connectivity index (χ4n) is 2.95. The van der Waals surface area contributed by atoms with Crippen LogP contribution in [0.15, 0.2) is 42.5 Å². The standard InChI is InChI=1S/C20H23N3O4/c1-26-9-8-21-19(24)14-4-3-5-17(10-14)22-20(25)23-12-15-6-7-18(27-2)11-16(15)13-23/h3-7,10-11H,8-9,12-13H2,1-2H3,(H,21,24)(H,22,25). The molecule has 3 amide bonds. The summed E-state index contributed by atoms with van der Waals surface area (Å²) in [6.45, 7) is 1.95. The van der Waals surface area contributed by atoms with Gasteiger partial charge in [0.25, 0.3) is 5.91 Å². The maximum atomic E-state index is 12.6. The highest BCUT2D eigenvalue weighted by molar-refractivity contribution is 5.97. The number of urea groups is 1. The molecule has 2 aromatic rings. The molecule has 27 heavy (non-hydrogen) atoms. The van der Waals surface area contributed by atoms with Gasteiger partial charge in [0, 0.05) is 38.0 Å². The Balaban J connectivity index is 1.61. The lowest BCUT2D eigenvalue weighted by atomic mass is 10.1. The number of anilines is 1. The molecule has 0 aromatic heterocycles. The number of hydrogen-bond donors (Lipinski definition) is 2. The average Bonchev–Trinajstić information content (AvgIpc) is 3.11. The Morgan fingerprint density at radius 3 is 2.67 bits per heavy atom. The van der Waals surface area contributed by atoms with E-state index in [0.717, 1.165) is 16.9 Å². The Morgan fingerprint density at radius 1 is 1.07 bits per heavy atom. The monoisotopic (exact) mass is 369 g/mol. The van der Waals surface area contributed by atoms with Crippen molar-refractivity contribution < 1.29 is 19.1 Å². The molecule has 2 aromatic carbocycles. The second-order valence-corrected chi connectivity index (χ2v) is 6.25. The molecular weight excluding hydrogens is 346 g/mol. The van der Waals surface area contributed by atoms with Crippen molar-refractivity contribution in [3.63, 3.8) is 0 Å². The predicted molar refractivity (Wildman–Crippen MR) is 102 cm³/mol. The van der Waals surface area contributed by atoms with Crippen LogP contribution in [0.3, 0.4) is 0 Å². The van der Waals surface area contributed by atoms with Gasteiger partial charge in [-0.1, -0.05) is 12.1 Å². The van der Waals surface area contributed by atoms with Crippen LogP contribution in [0.5, 0.6) is 5.75 Å².